The molecule has 6 heteroatoms. The Balaban J connectivity index is 1.75. The maximum absolute atomic E-state index is 11.9. The highest BCUT2D eigenvalue weighted by molar-refractivity contribution is 5.80. The molecule has 1 heterocycles. The number of guanidine groups is 1. The van der Waals surface area contributed by atoms with Gasteiger partial charge >= 0.3 is 0 Å². The highest BCUT2D eigenvalue weighted by Crippen LogP contribution is 2.37. The monoisotopic (exact) mass is 365 g/mol. The van der Waals surface area contributed by atoms with E-state index >= 15 is 0 Å². The molecule has 0 aromatic carbocycles. The Labute approximate surface area is 159 Å². The Hall–Kier alpha value is -1.30. The third-order valence-electron chi connectivity index (χ3n) is 5.64. The van der Waals surface area contributed by atoms with E-state index in [0.29, 0.717) is 18.0 Å². The van der Waals surface area contributed by atoms with Gasteiger partial charge in [0.2, 0.25) is 5.91 Å². The van der Waals surface area contributed by atoms with Gasteiger partial charge in [0.15, 0.2) is 5.96 Å². The van der Waals surface area contributed by atoms with Crippen LogP contribution in [0.15, 0.2) is 4.99 Å². The van der Waals surface area contributed by atoms with Crippen LogP contribution in [0.4, 0.5) is 0 Å². The van der Waals surface area contributed by atoms with Crippen molar-refractivity contribution in [2.24, 2.45) is 10.4 Å². The van der Waals surface area contributed by atoms with E-state index in [1.165, 1.54) is 25.7 Å². The lowest BCUT2D eigenvalue weighted by Gasteiger charge is -2.33. The van der Waals surface area contributed by atoms with Gasteiger partial charge in [-0.05, 0) is 44.4 Å². The molecule has 0 spiro atoms. The van der Waals surface area contributed by atoms with Crippen LogP contribution in [-0.4, -0.2) is 62.1 Å². The quantitative estimate of drug-likeness (QED) is 0.455. The van der Waals surface area contributed by atoms with Crippen molar-refractivity contribution in [2.45, 2.75) is 71.8 Å². The zero-order valence-corrected chi connectivity index (χ0v) is 17.1. The number of nitrogens with one attached hydrogen (secondary N) is 3. The minimum atomic E-state index is 0.151. The molecule has 2 rings (SSSR count). The van der Waals surface area contributed by atoms with Gasteiger partial charge in [-0.3, -0.25) is 14.7 Å². The molecule has 1 amide bonds. The maximum Gasteiger partial charge on any atom is 0.234 e. The number of aliphatic imine (C=N–C) groups is 1. The predicted octanol–water partition coefficient (Wildman–Crippen LogP) is 2.11. The first-order valence-corrected chi connectivity index (χ1v) is 10.6. The van der Waals surface area contributed by atoms with Crippen LogP contribution in [0, 0.1) is 5.41 Å². The summed E-state index contributed by atoms with van der Waals surface area (Å²) in [5.74, 6) is 1.11. The minimum Gasteiger partial charge on any atom is -0.357 e. The van der Waals surface area contributed by atoms with Gasteiger partial charge in [-0.15, -0.1) is 0 Å². The molecular weight excluding hydrogens is 326 g/mol. The van der Waals surface area contributed by atoms with Crippen LogP contribution >= 0.6 is 0 Å². The van der Waals surface area contributed by atoms with E-state index in [1.807, 2.05) is 0 Å². The number of carbonyl (C=O) groups excluding carboxylic acids is 1. The molecular formula is C20H39N5O. The highest BCUT2D eigenvalue weighted by Gasteiger charge is 2.28. The van der Waals surface area contributed by atoms with Crippen LogP contribution in [0.5, 0.6) is 0 Å². The molecule has 0 radical (unpaired) electrons. The summed E-state index contributed by atoms with van der Waals surface area (Å²) >= 11 is 0. The summed E-state index contributed by atoms with van der Waals surface area (Å²) in [6, 6.07) is 0.444. The molecule has 1 saturated heterocycles. The van der Waals surface area contributed by atoms with E-state index in [0.717, 1.165) is 57.9 Å². The lowest BCUT2D eigenvalue weighted by molar-refractivity contribution is -0.122. The van der Waals surface area contributed by atoms with Gasteiger partial charge in [0.05, 0.1) is 6.54 Å². The molecule has 150 valence electrons. The molecule has 3 N–H and O–H groups in total. The summed E-state index contributed by atoms with van der Waals surface area (Å²) in [5.41, 5.74) is 0.386. The van der Waals surface area contributed by atoms with Gasteiger partial charge in [0.1, 0.15) is 0 Å². The molecule has 0 unspecified atom stereocenters. The molecule has 0 aromatic rings. The minimum absolute atomic E-state index is 0.151. The average molecular weight is 366 g/mol. The number of nitrogens with zero attached hydrogens (tertiary/aromatic N) is 2. The Bertz CT molecular complexity index is 451. The second-order valence-corrected chi connectivity index (χ2v) is 8.26. The smallest absolute Gasteiger partial charge is 0.234 e. The zero-order valence-electron chi connectivity index (χ0n) is 17.1. The number of hydrogen-bond acceptors (Lipinski definition) is 3. The van der Waals surface area contributed by atoms with Crippen molar-refractivity contribution in [2.75, 3.05) is 39.3 Å². The highest BCUT2D eigenvalue weighted by atomic mass is 16.2. The fourth-order valence-corrected chi connectivity index (χ4v) is 3.93. The van der Waals surface area contributed by atoms with E-state index in [9.17, 15) is 4.79 Å². The van der Waals surface area contributed by atoms with E-state index in [1.54, 1.807) is 0 Å². The number of amides is 1. The second kappa shape index (κ2) is 10.8. The molecule has 6 nitrogen and oxygen atoms in total. The van der Waals surface area contributed by atoms with Gasteiger partial charge in [-0.2, -0.15) is 0 Å². The summed E-state index contributed by atoms with van der Waals surface area (Å²) in [6.07, 6.45) is 8.40. The summed E-state index contributed by atoms with van der Waals surface area (Å²) in [7, 11) is 0. The fourth-order valence-electron chi connectivity index (χ4n) is 3.93. The second-order valence-electron chi connectivity index (χ2n) is 8.26. The van der Waals surface area contributed by atoms with Crippen molar-refractivity contribution < 1.29 is 4.79 Å². The van der Waals surface area contributed by atoms with E-state index in [2.05, 4.69) is 41.6 Å². The number of rotatable bonds is 8. The molecule has 0 bridgehead atoms. The Morgan fingerprint density at radius 1 is 1.15 bits per heavy atom. The molecule has 1 aliphatic heterocycles. The van der Waals surface area contributed by atoms with E-state index in [-0.39, 0.29) is 5.91 Å². The fraction of sp³-hybridized carbons (Fsp3) is 0.900. The van der Waals surface area contributed by atoms with Crippen molar-refractivity contribution in [1.29, 1.82) is 0 Å². The van der Waals surface area contributed by atoms with Crippen LogP contribution in [0.1, 0.15) is 65.7 Å². The van der Waals surface area contributed by atoms with Crippen LogP contribution in [0.25, 0.3) is 0 Å². The Morgan fingerprint density at radius 2 is 1.85 bits per heavy atom. The van der Waals surface area contributed by atoms with Gasteiger partial charge in [-0.1, -0.05) is 26.7 Å². The van der Waals surface area contributed by atoms with Crippen LogP contribution in [0.3, 0.4) is 0 Å². The normalized spacial score (nSPS) is 21.6. The van der Waals surface area contributed by atoms with Gasteiger partial charge in [0, 0.05) is 38.8 Å². The molecule has 1 saturated carbocycles. The molecule has 0 aromatic heterocycles. The SMILES string of the molecule is CCCNC(=O)CN1CCC(NC(=NCC2(C)CCCC2)NCC)CC1. The molecule has 2 aliphatic rings. The van der Waals surface area contributed by atoms with E-state index < -0.39 is 0 Å². The lowest BCUT2D eigenvalue weighted by atomic mass is 9.89. The van der Waals surface area contributed by atoms with Crippen LogP contribution < -0.4 is 16.0 Å². The molecule has 0 atom stereocenters. The number of carbonyl (C=O) groups is 1. The summed E-state index contributed by atoms with van der Waals surface area (Å²) in [5, 5.41) is 9.98. The first-order chi connectivity index (χ1) is 12.5. The van der Waals surface area contributed by atoms with Crippen LogP contribution in [-0.2, 0) is 4.79 Å². The summed E-state index contributed by atoms with van der Waals surface area (Å²) in [6.45, 7) is 11.6. The van der Waals surface area contributed by atoms with Crippen molar-refractivity contribution in [3.05, 3.63) is 0 Å². The van der Waals surface area contributed by atoms with Gasteiger partial charge < -0.3 is 16.0 Å². The maximum atomic E-state index is 11.9. The van der Waals surface area contributed by atoms with Crippen LogP contribution in [0.2, 0.25) is 0 Å². The zero-order chi connectivity index (χ0) is 18.8. The van der Waals surface area contributed by atoms with E-state index in [4.69, 9.17) is 4.99 Å². The first kappa shape index (κ1) is 21.0. The van der Waals surface area contributed by atoms with Gasteiger partial charge in [0.25, 0.3) is 0 Å². The van der Waals surface area contributed by atoms with Crippen molar-refractivity contribution in [3.63, 3.8) is 0 Å². The Morgan fingerprint density at radius 3 is 2.46 bits per heavy atom. The third kappa shape index (κ3) is 7.14. The topological polar surface area (TPSA) is 68.8 Å². The summed E-state index contributed by atoms with van der Waals surface area (Å²) in [4.78, 5) is 19.0. The van der Waals surface area contributed by atoms with Gasteiger partial charge in [-0.25, -0.2) is 0 Å². The first-order valence-electron chi connectivity index (χ1n) is 10.6. The van der Waals surface area contributed by atoms with Crippen molar-refractivity contribution in [1.82, 2.24) is 20.9 Å². The Kier molecular flexibility index (Phi) is 8.69. The number of likely N-dealkylation sites (tertiary alicyclic amines) is 1. The van der Waals surface area contributed by atoms with Crippen molar-refractivity contribution in [3.8, 4) is 0 Å². The number of hydrogen-bond donors (Lipinski definition) is 3. The average Bonchev–Trinajstić information content (AvgIpc) is 3.07. The number of piperidine rings is 1. The standard InChI is InChI=1S/C20H39N5O/c1-4-12-22-18(26)15-25-13-8-17(9-14-25)24-19(21-5-2)23-16-20(3)10-6-7-11-20/h17H,4-16H2,1-3H3,(H,22,26)(H2,21,23,24). The molecule has 26 heavy (non-hydrogen) atoms. The third-order valence-corrected chi connectivity index (χ3v) is 5.64. The largest absolute Gasteiger partial charge is 0.357 e. The predicted molar refractivity (Wildman–Crippen MR) is 108 cm³/mol. The summed E-state index contributed by atoms with van der Waals surface area (Å²) < 4.78 is 0. The lowest BCUT2D eigenvalue weighted by Crippen LogP contribution is -2.50. The van der Waals surface area contributed by atoms with Crippen molar-refractivity contribution >= 4 is 11.9 Å². The molecule has 2 fully saturated rings. The molecule has 1 aliphatic carbocycles.